The van der Waals surface area contributed by atoms with Crippen molar-refractivity contribution in [3.05, 3.63) is 132 Å². The van der Waals surface area contributed by atoms with Gasteiger partial charge >= 0.3 is 16.8 Å². The number of para-hydroxylation sites is 2. The zero-order valence-corrected chi connectivity index (χ0v) is 29.4. The Balaban J connectivity index is 0.000000224. The molecule has 14 nitrogen and oxygen atoms in total. The molecule has 0 saturated heterocycles. The van der Waals surface area contributed by atoms with Gasteiger partial charge in [-0.05, 0) is 73.5 Å². The zero-order valence-electron chi connectivity index (χ0n) is 26.8. The molecule has 0 saturated carbocycles. The van der Waals surface area contributed by atoms with E-state index in [1.54, 1.807) is 74.5 Å². The average molecular weight is 772 g/mol. The molecule has 0 bridgehead atoms. The predicted molar refractivity (Wildman–Crippen MR) is 183 cm³/mol. The van der Waals surface area contributed by atoms with E-state index in [0.717, 1.165) is 0 Å². The third-order valence-electron chi connectivity index (χ3n) is 6.57. The minimum Gasteiger partial charge on any atom is -0.872 e. The average Bonchev–Trinajstić information content (AvgIpc) is 3.70. The normalized spacial score (nSPS) is 11.5. The Hall–Kier alpha value is -5.75. The second-order valence-corrected chi connectivity index (χ2v) is 13.8. The molecule has 2 aromatic heterocycles. The number of nitrogens with one attached hydrogen (secondary N) is 2. The number of hydrogen-bond donors (Lipinski definition) is 2. The fourth-order valence-corrected chi connectivity index (χ4v) is 6.07. The van der Waals surface area contributed by atoms with E-state index < -0.39 is 20.0 Å². The predicted octanol–water partition coefficient (Wildman–Crippen LogP) is 5.21. The van der Waals surface area contributed by atoms with Gasteiger partial charge in [-0.1, -0.05) is 58.8 Å². The van der Waals surface area contributed by atoms with Crippen molar-refractivity contribution in [3.63, 3.8) is 0 Å². The number of anilines is 2. The molecule has 0 aliphatic rings. The molecule has 0 aliphatic heterocycles. The number of aliphatic imine (C=N–C) groups is 2. The van der Waals surface area contributed by atoms with Crippen LogP contribution in [-0.2, 0) is 36.8 Å². The van der Waals surface area contributed by atoms with E-state index in [1.807, 2.05) is 0 Å². The van der Waals surface area contributed by atoms with Crippen LogP contribution in [0.25, 0.3) is 0 Å². The van der Waals surface area contributed by atoms with Crippen LogP contribution in [0.1, 0.15) is 22.6 Å². The Labute approximate surface area is 303 Å². The van der Waals surface area contributed by atoms with E-state index in [-0.39, 0.29) is 49.7 Å². The molecule has 0 atom stereocenters. The number of aryl methyl sites for hydroxylation is 2. The topological polar surface area (TPSA) is 215 Å². The van der Waals surface area contributed by atoms with Gasteiger partial charge in [0, 0.05) is 24.6 Å². The molecule has 51 heavy (non-hydrogen) atoms. The van der Waals surface area contributed by atoms with E-state index in [9.17, 15) is 27.0 Å². The van der Waals surface area contributed by atoms with Gasteiger partial charge in [0.25, 0.3) is 20.0 Å². The number of nitrogens with zero attached hydrogens (tertiary/aromatic N) is 4. The molecule has 6 aromatic rings. The van der Waals surface area contributed by atoms with Crippen LogP contribution in [0.4, 0.5) is 23.0 Å². The van der Waals surface area contributed by atoms with Gasteiger partial charge in [0.05, 0.1) is 21.2 Å². The smallest absolute Gasteiger partial charge is 0.872 e. The third-order valence-corrected chi connectivity index (χ3v) is 9.31. The van der Waals surface area contributed by atoms with Crippen molar-refractivity contribution in [2.45, 2.75) is 23.6 Å². The first-order valence-electron chi connectivity index (χ1n) is 14.6. The van der Waals surface area contributed by atoms with Gasteiger partial charge in [0.2, 0.25) is 0 Å². The molecule has 0 fully saturated rings. The summed E-state index contributed by atoms with van der Waals surface area (Å²) in [6.45, 7) is 3.33. The molecule has 2 N–H and O–H groups in total. The summed E-state index contributed by atoms with van der Waals surface area (Å²) in [5, 5.41) is 30.4. The van der Waals surface area contributed by atoms with Crippen molar-refractivity contribution in [2.24, 2.45) is 9.98 Å². The van der Waals surface area contributed by atoms with Crippen LogP contribution in [-0.4, -0.2) is 39.6 Å². The Bertz CT molecular complexity index is 2190. The molecule has 6 rings (SSSR count). The quantitative estimate of drug-likeness (QED) is 0.173. The number of benzene rings is 4. The van der Waals surface area contributed by atoms with E-state index in [4.69, 9.17) is 9.05 Å². The molecule has 2 heterocycles. The first kappa shape index (κ1) is 38.1. The van der Waals surface area contributed by atoms with Crippen molar-refractivity contribution >= 4 is 55.5 Å². The van der Waals surface area contributed by atoms with Crippen LogP contribution in [0.15, 0.2) is 138 Å². The van der Waals surface area contributed by atoms with E-state index in [2.05, 4.69) is 29.7 Å². The van der Waals surface area contributed by atoms with Crippen molar-refractivity contribution in [1.82, 2.24) is 10.3 Å². The summed E-state index contributed by atoms with van der Waals surface area (Å²) in [5.41, 5.74) is 1.98. The fraction of sp³-hybridized carbons (Fsp3) is 0.0588. The monoisotopic (exact) mass is 771 g/mol. The van der Waals surface area contributed by atoms with Crippen LogP contribution in [0.2, 0.25) is 0 Å². The van der Waals surface area contributed by atoms with Gasteiger partial charge in [-0.25, -0.2) is 16.8 Å². The number of sulfonamides is 2. The maximum atomic E-state index is 12.3. The SMILES string of the molecule is Cc1cc(NS(=O)(=O)c2ccc(N=Cc3ccccc3[O-])cc2)no1.Cc1cc(NS(=O)(=O)c2ccc(N=Cc3ccccc3[O-])cc2)no1.[Co+2]. The third kappa shape index (κ3) is 10.6. The second kappa shape index (κ2) is 16.8. The van der Waals surface area contributed by atoms with E-state index >= 15 is 0 Å². The van der Waals surface area contributed by atoms with Gasteiger partial charge in [-0.2, -0.15) is 0 Å². The van der Waals surface area contributed by atoms with Crippen molar-refractivity contribution in [3.8, 4) is 11.5 Å². The second-order valence-electron chi connectivity index (χ2n) is 10.4. The van der Waals surface area contributed by atoms with Crippen molar-refractivity contribution in [1.29, 1.82) is 0 Å². The maximum Gasteiger partial charge on any atom is 2.00 e. The number of hydrogen-bond acceptors (Lipinski definition) is 12. The Kier molecular flexibility index (Phi) is 12.5. The van der Waals surface area contributed by atoms with Gasteiger partial charge in [-0.15, -0.1) is 11.5 Å². The summed E-state index contributed by atoms with van der Waals surface area (Å²) in [5.74, 6) is 0.982. The summed E-state index contributed by atoms with van der Waals surface area (Å²) in [7, 11) is -7.53. The van der Waals surface area contributed by atoms with Crippen molar-refractivity contribution in [2.75, 3.05) is 9.44 Å². The first-order valence-corrected chi connectivity index (χ1v) is 17.6. The summed E-state index contributed by atoms with van der Waals surface area (Å²) in [4.78, 5) is 8.49. The molecule has 0 spiro atoms. The van der Waals surface area contributed by atoms with Gasteiger partial charge in [0.15, 0.2) is 11.6 Å². The zero-order chi connectivity index (χ0) is 35.7. The molecule has 4 aromatic carbocycles. The molecule has 1 radical (unpaired) electrons. The standard InChI is InChI=1S/2C17H15N3O4S.Co/c2*1-12-10-17(19-24-12)20-25(22,23)15-8-6-14(7-9-15)18-11-13-4-2-3-5-16(13)21;/h2*2-11,21H,1H3,(H,19,20);/q;;+2/p-2. The Morgan fingerprint density at radius 2 is 0.941 bits per heavy atom. The van der Waals surface area contributed by atoms with E-state index in [1.165, 1.54) is 61.0 Å². The fourth-order valence-electron chi connectivity index (χ4n) is 4.11. The molecule has 0 aliphatic carbocycles. The number of aromatic nitrogens is 2. The minimum absolute atomic E-state index is 0. The molecule has 17 heteroatoms. The molecule has 0 unspecified atom stereocenters. The largest absolute Gasteiger partial charge is 2.00 e. The van der Waals surface area contributed by atoms with Crippen LogP contribution in [0, 0.1) is 13.8 Å². The molecular weight excluding hydrogens is 743 g/mol. The Morgan fingerprint density at radius 3 is 1.25 bits per heavy atom. The summed E-state index contributed by atoms with van der Waals surface area (Å²) in [6, 6.07) is 27.9. The number of rotatable bonds is 10. The molecular formula is C34H28CoN6O8S2. The first-order chi connectivity index (χ1) is 23.9. The van der Waals surface area contributed by atoms with Crippen LogP contribution >= 0.6 is 0 Å². The van der Waals surface area contributed by atoms with Crippen molar-refractivity contribution < 1.29 is 52.9 Å². The summed E-state index contributed by atoms with van der Waals surface area (Å²) < 4.78 is 63.4. The van der Waals surface area contributed by atoms with Gasteiger partial charge < -0.3 is 19.3 Å². The van der Waals surface area contributed by atoms with Crippen LogP contribution in [0.5, 0.6) is 11.5 Å². The molecule has 263 valence electrons. The Morgan fingerprint density at radius 1 is 0.588 bits per heavy atom. The van der Waals surface area contributed by atoms with Crippen LogP contribution < -0.4 is 19.7 Å². The molecule has 0 amide bonds. The summed E-state index contributed by atoms with van der Waals surface area (Å²) in [6.07, 6.45) is 2.89. The van der Waals surface area contributed by atoms with E-state index in [0.29, 0.717) is 34.0 Å². The minimum atomic E-state index is -3.76. The van der Waals surface area contributed by atoms with Gasteiger partial charge in [0.1, 0.15) is 11.5 Å². The van der Waals surface area contributed by atoms with Crippen LogP contribution in [0.3, 0.4) is 0 Å². The maximum absolute atomic E-state index is 12.3. The summed E-state index contributed by atoms with van der Waals surface area (Å²) >= 11 is 0. The van der Waals surface area contributed by atoms with Gasteiger partial charge in [-0.3, -0.25) is 19.4 Å².